The maximum atomic E-state index is 11.9. The fourth-order valence-corrected chi connectivity index (χ4v) is 1.84. The van der Waals surface area contributed by atoms with Crippen LogP contribution in [0.15, 0.2) is 30.3 Å². The van der Waals surface area contributed by atoms with E-state index in [0.29, 0.717) is 18.7 Å². The highest BCUT2D eigenvalue weighted by molar-refractivity contribution is 5.95. The number of hydrogen-bond acceptors (Lipinski definition) is 4. The van der Waals surface area contributed by atoms with Crippen LogP contribution in [0.3, 0.4) is 0 Å². The second-order valence-electron chi connectivity index (χ2n) is 4.30. The molecular formula is C13H13N3O4. The minimum Gasteiger partial charge on any atom is -0.353 e. The fraction of sp³-hybridized carbons (Fsp3) is 0.231. The van der Waals surface area contributed by atoms with Gasteiger partial charge in [0.05, 0.1) is 11.5 Å². The number of amides is 2. The zero-order valence-corrected chi connectivity index (χ0v) is 10.6. The summed E-state index contributed by atoms with van der Waals surface area (Å²) in [6, 6.07) is 5.98. The Bertz CT molecular complexity index is 583. The van der Waals surface area contributed by atoms with Gasteiger partial charge in [0.1, 0.15) is 0 Å². The highest BCUT2D eigenvalue weighted by atomic mass is 16.6. The monoisotopic (exact) mass is 275 g/mol. The van der Waals surface area contributed by atoms with E-state index in [4.69, 9.17) is 0 Å². The van der Waals surface area contributed by atoms with Gasteiger partial charge >= 0.3 is 0 Å². The summed E-state index contributed by atoms with van der Waals surface area (Å²) < 4.78 is 0. The Labute approximate surface area is 115 Å². The molecule has 104 valence electrons. The molecule has 0 unspecified atom stereocenters. The minimum absolute atomic E-state index is 0.0306. The highest BCUT2D eigenvalue weighted by Crippen LogP contribution is 2.14. The fourth-order valence-electron chi connectivity index (χ4n) is 1.84. The average Bonchev–Trinajstić information content (AvgIpc) is 2.45. The molecule has 0 bridgehead atoms. The summed E-state index contributed by atoms with van der Waals surface area (Å²) in [4.78, 5) is 34.6. The van der Waals surface area contributed by atoms with Crippen molar-refractivity contribution in [2.24, 2.45) is 0 Å². The normalized spacial score (nSPS) is 15.2. The first-order valence-corrected chi connectivity index (χ1v) is 6.04. The van der Waals surface area contributed by atoms with Crippen LogP contribution in [-0.4, -0.2) is 41.3 Å². The number of non-ortho nitro benzene ring substituents is 1. The van der Waals surface area contributed by atoms with Crippen molar-refractivity contribution in [2.45, 2.75) is 0 Å². The molecule has 1 aromatic rings. The summed E-state index contributed by atoms with van der Waals surface area (Å²) in [7, 11) is 0. The predicted molar refractivity (Wildman–Crippen MR) is 71.7 cm³/mol. The van der Waals surface area contributed by atoms with E-state index >= 15 is 0 Å². The van der Waals surface area contributed by atoms with E-state index in [-0.39, 0.29) is 24.0 Å². The van der Waals surface area contributed by atoms with Crippen LogP contribution >= 0.6 is 0 Å². The van der Waals surface area contributed by atoms with Crippen molar-refractivity contribution in [3.05, 3.63) is 46.0 Å². The Morgan fingerprint density at radius 3 is 2.95 bits per heavy atom. The van der Waals surface area contributed by atoms with Crippen molar-refractivity contribution in [3.63, 3.8) is 0 Å². The molecule has 1 aromatic carbocycles. The Hall–Kier alpha value is -2.70. The number of nitrogens with zero attached hydrogens (tertiary/aromatic N) is 2. The van der Waals surface area contributed by atoms with Gasteiger partial charge in [-0.3, -0.25) is 19.7 Å². The number of hydrogen-bond donors (Lipinski definition) is 1. The van der Waals surface area contributed by atoms with Crippen LogP contribution in [0.5, 0.6) is 0 Å². The molecule has 20 heavy (non-hydrogen) atoms. The number of nitro groups is 1. The summed E-state index contributed by atoms with van der Waals surface area (Å²) in [5.74, 6) is -0.472. The molecule has 1 aliphatic heterocycles. The molecule has 1 fully saturated rings. The Balaban J connectivity index is 2.05. The van der Waals surface area contributed by atoms with Gasteiger partial charge < -0.3 is 10.2 Å². The van der Waals surface area contributed by atoms with E-state index in [1.54, 1.807) is 12.1 Å². The van der Waals surface area contributed by atoms with Crippen molar-refractivity contribution in [2.75, 3.05) is 19.6 Å². The summed E-state index contributed by atoms with van der Waals surface area (Å²) >= 11 is 0. The van der Waals surface area contributed by atoms with Crippen LogP contribution in [0.25, 0.3) is 6.08 Å². The van der Waals surface area contributed by atoms with E-state index < -0.39 is 4.92 Å². The largest absolute Gasteiger partial charge is 0.353 e. The van der Waals surface area contributed by atoms with Crippen LogP contribution in [0.4, 0.5) is 5.69 Å². The number of benzene rings is 1. The summed E-state index contributed by atoms with van der Waals surface area (Å²) in [6.45, 7) is 0.942. The lowest BCUT2D eigenvalue weighted by atomic mass is 10.2. The Morgan fingerprint density at radius 1 is 1.45 bits per heavy atom. The van der Waals surface area contributed by atoms with Crippen molar-refractivity contribution in [3.8, 4) is 0 Å². The standard InChI is InChI=1S/C13H13N3O4/c17-12-9-15(7-6-14-12)13(18)5-4-10-2-1-3-11(8-10)16(19)20/h1-5,8H,6-7,9H2,(H,14,17). The Kier molecular flexibility index (Phi) is 4.09. The van der Waals surface area contributed by atoms with Crippen LogP contribution in [0.2, 0.25) is 0 Å². The number of piperazine rings is 1. The molecule has 0 atom stereocenters. The van der Waals surface area contributed by atoms with E-state index in [2.05, 4.69) is 5.32 Å². The summed E-state index contributed by atoms with van der Waals surface area (Å²) in [5.41, 5.74) is 0.533. The zero-order chi connectivity index (χ0) is 14.5. The van der Waals surface area contributed by atoms with Gasteiger partial charge in [-0.15, -0.1) is 0 Å². The van der Waals surface area contributed by atoms with Gasteiger partial charge in [-0.05, 0) is 11.6 Å². The molecule has 1 aliphatic rings. The van der Waals surface area contributed by atoms with E-state index in [1.807, 2.05) is 0 Å². The topological polar surface area (TPSA) is 92.5 Å². The number of nitro benzene ring substituents is 1. The van der Waals surface area contributed by atoms with Gasteiger partial charge in [0.2, 0.25) is 11.8 Å². The first kappa shape index (κ1) is 13.7. The third kappa shape index (κ3) is 3.41. The molecule has 1 heterocycles. The number of carbonyl (C=O) groups is 2. The van der Waals surface area contributed by atoms with Gasteiger partial charge in [0.25, 0.3) is 5.69 Å². The van der Waals surface area contributed by atoms with Crippen LogP contribution < -0.4 is 5.32 Å². The van der Waals surface area contributed by atoms with Crippen molar-refractivity contribution < 1.29 is 14.5 Å². The smallest absolute Gasteiger partial charge is 0.270 e. The zero-order valence-electron chi connectivity index (χ0n) is 10.6. The minimum atomic E-state index is -0.492. The number of rotatable bonds is 3. The predicted octanol–water partition coefficient (Wildman–Crippen LogP) is 0.566. The average molecular weight is 275 g/mol. The second-order valence-corrected chi connectivity index (χ2v) is 4.30. The van der Waals surface area contributed by atoms with Crippen molar-refractivity contribution in [1.82, 2.24) is 10.2 Å². The highest BCUT2D eigenvalue weighted by Gasteiger charge is 2.18. The van der Waals surface area contributed by atoms with Gasteiger partial charge in [-0.2, -0.15) is 0 Å². The maximum Gasteiger partial charge on any atom is 0.270 e. The lowest BCUT2D eigenvalue weighted by molar-refractivity contribution is -0.384. The third-order valence-corrected chi connectivity index (χ3v) is 2.85. The van der Waals surface area contributed by atoms with Crippen molar-refractivity contribution >= 4 is 23.6 Å². The van der Waals surface area contributed by atoms with Crippen molar-refractivity contribution in [1.29, 1.82) is 0 Å². The van der Waals surface area contributed by atoms with Gasteiger partial charge in [0, 0.05) is 31.3 Å². The van der Waals surface area contributed by atoms with Crippen LogP contribution in [-0.2, 0) is 9.59 Å². The summed E-state index contributed by atoms with van der Waals surface area (Å²) in [5, 5.41) is 13.3. The van der Waals surface area contributed by atoms with E-state index in [1.165, 1.54) is 29.2 Å². The molecule has 0 spiro atoms. The molecule has 0 saturated carbocycles. The van der Waals surface area contributed by atoms with Gasteiger partial charge in [-0.1, -0.05) is 12.1 Å². The Morgan fingerprint density at radius 2 is 2.25 bits per heavy atom. The van der Waals surface area contributed by atoms with E-state index in [9.17, 15) is 19.7 Å². The molecule has 0 aliphatic carbocycles. The molecule has 2 rings (SSSR count). The van der Waals surface area contributed by atoms with Gasteiger partial charge in [-0.25, -0.2) is 0 Å². The lowest BCUT2D eigenvalue weighted by Gasteiger charge is -2.25. The first-order valence-electron chi connectivity index (χ1n) is 6.04. The second kappa shape index (κ2) is 5.96. The first-order chi connectivity index (χ1) is 9.56. The molecule has 1 N–H and O–H groups in total. The summed E-state index contributed by atoms with van der Waals surface area (Å²) in [6.07, 6.45) is 2.82. The third-order valence-electron chi connectivity index (χ3n) is 2.85. The maximum absolute atomic E-state index is 11.9. The molecule has 0 aromatic heterocycles. The molecule has 7 heteroatoms. The van der Waals surface area contributed by atoms with Crippen LogP contribution in [0.1, 0.15) is 5.56 Å². The molecule has 7 nitrogen and oxygen atoms in total. The SMILES string of the molecule is O=C1CN(C(=O)C=Cc2cccc([N+](=O)[O-])c2)CCN1. The van der Waals surface area contributed by atoms with E-state index in [0.717, 1.165) is 0 Å². The lowest BCUT2D eigenvalue weighted by Crippen LogP contribution is -2.49. The van der Waals surface area contributed by atoms with Gasteiger partial charge in [0.15, 0.2) is 0 Å². The molecule has 1 saturated heterocycles. The number of carbonyl (C=O) groups excluding carboxylic acids is 2. The molecular weight excluding hydrogens is 262 g/mol. The molecule has 2 amide bonds. The number of nitrogens with one attached hydrogen (secondary N) is 1. The quantitative estimate of drug-likeness (QED) is 0.495. The van der Waals surface area contributed by atoms with Crippen LogP contribution in [0, 0.1) is 10.1 Å². The molecule has 0 radical (unpaired) electrons.